The quantitative estimate of drug-likeness (QED) is 0.728. The highest BCUT2D eigenvalue weighted by atomic mass is 16.2. The molecule has 4 rings (SSSR count). The first kappa shape index (κ1) is 19.2. The van der Waals surface area contributed by atoms with Crippen LogP contribution in [0.2, 0.25) is 0 Å². The van der Waals surface area contributed by atoms with E-state index in [1.165, 1.54) is 11.3 Å². The number of piperidine rings is 1. The molecule has 3 aliphatic heterocycles. The second-order valence-electron chi connectivity index (χ2n) is 8.33. The third-order valence-corrected chi connectivity index (χ3v) is 6.38. The van der Waals surface area contributed by atoms with Gasteiger partial charge in [0.2, 0.25) is 11.8 Å². The lowest BCUT2D eigenvalue weighted by atomic mass is 9.89. The summed E-state index contributed by atoms with van der Waals surface area (Å²) in [6.07, 6.45) is 4.95. The zero-order valence-electron chi connectivity index (χ0n) is 16.7. The van der Waals surface area contributed by atoms with Crippen molar-refractivity contribution in [3.05, 3.63) is 29.8 Å². The zero-order valence-corrected chi connectivity index (χ0v) is 16.7. The lowest BCUT2D eigenvalue weighted by molar-refractivity contribution is -0.136. The molecule has 0 unspecified atom stereocenters. The maximum Gasteiger partial charge on any atom is 0.226 e. The van der Waals surface area contributed by atoms with Crippen LogP contribution in [0.3, 0.4) is 0 Å². The van der Waals surface area contributed by atoms with Gasteiger partial charge in [0.15, 0.2) is 0 Å². The number of nitrogens with zero attached hydrogens (tertiary/aromatic N) is 2. The third kappa shape index (κ3) is 4.32. The molecular weight excluding hydrogens is 352 g/mol. The number of amides is 2. The molecule has 3 heterocycles. The molecule has 28 heavy (non-hydrogen) atoms. The number of nitrogens with one attached hydrogen (secondary N) is 2. The molecule has 0 aliphatic carbocycles. The number of hydrogen-bond donors (Lipinski definition) is 2. The molecule has 0 saturated carbocycles. The SMILES string of the molecule is O=C(NCCCN1CCc2ccccc21)[C@H]1CNC[C@@H](C(=O)N2CCCC2)C1. The van der Waals surface area contributed by atoms with Crippen LogP contribution in [-0.4, -0.2) is 62.5 Å². The molecule has 0 aromatic heterocycles. The van der Waals surface area contributed by atoms with E-state index in [0.717, 1.165) is 51.9 Å². The van der Waals surface area contributed by atoms with Gasteiger partial charge in [0.05, 0.1) is 11.8 Å². The van der Waals surface area contributed by atoms with Crippen molar-refractivity contribution in [1.82, 2.24) is 15.5 Å². The number of para-hydroxylation sites is 1. The second kappa shape index (κ2) is 8.95. The fourth-order valence-corrected chi connectivity index (χ4v) is 4.79. The number of rotatable bonds is 6. The maximum absolute atomic E-state index is 12.6. The molecule has 0 radical (unpaired) electrons. The van der Waals surface area contributed by atoms with Gasteiger partial charge in [-0.3, -0.25) is 9.59 Å². The number of likely N-dealkylation sites (tertiary alicyclic amines) is 1. The van der Waals surface area contributed by atoms with Gasteiger partial charge < -0.3 is 20.4 Å². The number of fused-ring (bicyclic) bond motifs is 1. The van der Waals surface area contributed by atoms with E-state index in [1.807, 2.05) is 4.90 Å². The molecule has 0 spiro atoms. The smallest absolute Gasteiger partial charge is 0.226 e. The maximum atomic E-state index is 12.6. The first-order valence-corrected chi connectivity index (χ1v) is 10.8. The Kier molecular flexibility index (Phi) is 6.15. The van der Waals surface area contributed by atoms with Crippen molar-refractivity contribution in [1.29, 1.82) is 0 Å². The summed E-state index contributed by atoms with van der Waals surface area (Å²) >= 11 is 0. The molecular formula is C22H32N4O2. The van der Waals surface area contributed by atoms with Crippen molar-refractivity contribution in [2.45, 2.75) is 32.1 Å². The Morgan fingerprint density at radius 2 is 1.86 bits per heavy atom. The molecule has 6 heteroatoms. The average Bonchev–Trinajstić information content (AvgIpc) is 3.41. The zero-order chi connectivity index (χ0) is 19.3. The molecule has 1 aromatic carbocycles. The highest BCUT2D eigenvalue weighted by Crippen LogP contribution is 2.27. The molecule has 2 fully saturated rings. The molecule has 2 amide bonds. The van der Waals surface area contributed by atoms with Crippen LogP contribution in [0.4, 0.5) is 5.69 Å². The van der Waals surface area contributed by atoms with Crippen molar-refractivity contribution < 1.29 is 9.59 Å². The Hall–Kier alpha value is -2.08. The summed E-state index contributed by atoms with van der Waals surface area (Å²) in [6, 6.07) is 8.58. The molecule has 0 bridgehead atoms. The molecule has 2 saturated heterocycles. The highest BCUT2D eigenvalue weighted by Gasteiger charge is 2.33. The standard InChI is InChI=1S/C22H32N4O2/c27-21(18-14-19(16-23-15-18)22(28)26-10-3-4-11-26)24-9-5-12-25-13-8-17-6-1-2-7-20(17)25/h1-2,6-7,18-19,23H,3-5,8-16H2,(H,24,27)/t18-,19+/m1/s1. The van der Waals surface area contributed by atoms with E-state index in [1.54, 1.807) is 0 Å². The minimum atomic E-state index is -0.0992. The Bertz CT molecular complexity index is 702. The summed E-state index contributed by atoms with van der Waals surface area (Å²) in [5, 5.41) is 6.40. The van der Waals surface area contributed by atoms with Crippen molar-refractivity contribution in [3.63, 3.8) is 0 Å². The van der Waals surface area contributed by atoms with Gasteiger partial charge in [-0.05, 0) is 43.7 Å². The van der Waals surface area contributed by atoms with E-state index in [0.29, 0.717) is 26.1 Å². The van der Waals surface area contributed by atoms with Crippen LogP contribution in [0.15, 0.2) is 24.3 Å². The monoisotopic (exact) mass is 384 g/mol. The van der Waals surface area contributed by atoms with E-state index in [4.69, 9.17) is 0 Å². The van der Waals surface area contributed by atoms with Crippen molar-refractivity contribution in [3.8, 4) is 0 Å². The first-order valence-electron chi connectivity index (χ1n) is 10.8. The highest BCUT2D eigenvalue weighted by molar-refractivity contribution is 5.83. The van der Waals surface area contributed by atoms with Crippen LogP contribution in [0.1, 0.15) is 31.2 Å². The molecule has 3 aliphatic rings. The third-order valence-electron chi connectivity index (χ3n) is 6.38. The van der Waals surface area contributed by atoms with Gasteiger partial charge in [-0.2, -0.15) is 0 Å². The predicted molar refractivity (Wildman–Crippen MR) is 110 cm³/mol. The van der Waals surface area contributed by atoms with E-state index in [9.17, 15) is 9.59 Å². The number of carbonyl (C=O) groups excluding carboxylic acids is 2. The van der Waals surface area contributed by atoms with Crippen molar-refractivity contribution >= 4 is 17.5 Å². The van der Waals surface area contributed by atoms with Gasteiger partial charge in [-0.25, -0.2) is 0 Å². The van der Waals surface area contributed by atoms with E-state index < -0.39 is 0 Å². The lowest BCUT2D eigenvalue weighted by Gasteiger charge is -2.31. The Morgan fingerprint density at radius 3 is 2.71 bits per heavy atom. The Morgan fingerprint density at radius 1 is 1.07 bits per heavy atom. The fraction of sp³-hybridized carbons (Fsp3) is 0.636. The van der Waals surface area contributed by atoms with Crippen LogP contribution >= 0.6 is 0 Å². The average molecular weight is 385 g/mol. The summed E-state index contributed by atoms with van der Waals surface area (Å²) in [5.41, 5.74) is 2.77. The molecule has 2 atom stereocenters. The predicted octanol–water partition coefficient (Wildman–Crippen LogP) is 1.40. The first-order chi connectivity index (χ1) is 13.7. The topological polar surface area (TPSA) is 64.7 Å². The van der Waals surface area contributed by atoms with Gasteiger partial charge >= 0.3 is 0 Å². The van der Waals surface area contributed by atoms with Gasteiger partial charge in [-0.15, -0.1) is 0 Å². The van der Waals surface area contributed by atoms with Gasteiger partial charge in [0.1, 0.15) is 0 Å². The number of benzene rings is 1. The molecule has 2 N–H and O–H groups in total. The minimum Gasteiger partial charge on any atom is -0.371 e. The summed E-state index contributed by atoms with van der Waals surface area (Å²) < 4.78 is 0. The van der Waals surface area contributed by atoms with Crippen LogP contribution in [0, 0.1) is 11.8 Å². The van der Waals surface area contributed by atoms with Crippen LogP contribution in [-0.2, 0) is 16.0 Å². The van der Waals surface area contributed by atoms with Crippen molar-refractivity contribution in [2.24, 2.45) is 11.8 Å². The number of carbonyl (C=O) groups is 2. The fourth-order valence-electron chi connectivity index (χ4n) is 4.79. The number of hydrogen-bond acceptors (Lipinski definition) is 4. The van der Waals surface area contributed by atoms with Crippen LogP contribution in [0.5, 0.6) is 0 Å². The summed E-state index contributed by atoms with van der Waals surface area (Å²) in [7, 11) is 0. The summed E-state index contributed by atoms with van der Waals surface area (Å²) in [4.78, 5) is 29.6. The van der Waals surface area contributed by atoms with Crippen LogP contribution in [0.25, 0.3) is 0 Å². The van der Waals surface area contributed by atoms with E-state index >= 15 is 0 Å². The summed E-state index contributed by atoms with van der Waals surface area (Å²) in [6.45, 7) is 5.87. The van der Waals surface area contributed by atoms with Gasteiger partial charge in [-0.1, -0.05) is 18.2 Å². The Labute approximate surface area is 167 Å². The van der Waals surface area contributed by atoms with E-state index in [-0.39, 0.29) is 23.7 Å². The van der Waals surface area contributed by atoms with E-state index in [2.05, 4.69) is 39.8 Å². The number of anilines is 1. The minimum absolute atomic E-state index is 0.0521. The normalized spacial score (nSPS) is 24.3. The molecule has 6 nitrogen and oxygen atoms in total. The van der Waals surface area contributed by atoms with Crippen molar-refractivity contribution in [2.75, 3.05) is 50.7 Å². The summed E-state index contributed by atoms with van der Waals surface area (Å²) in [5.74, 6) is 0.171. The largest absolute Gasteiger partial charge is 0.371 e. The molecule has 1 aromatic rings. The van der Waals surface area contributed by atoms with Crippen LogP contribution < -0.4 is 15.5 Å². The lowest BCUT2D eigenvalue weighted by Crippen LogP contribution is -2.49. The van der Waals surface area contributed by atoms with Gasteiger partial charge in [0, 0.05) is 51.5 Å². The second-order valence-corrected chi connectivity index (χ2v) is 8.33. The van der Waals surface area contributed by atoms with Gasteiger partial charge in [0.25, 0.3) is 0 Å². The Balaban J connectivity index is 1.19. The molecule has 152 valence electrons.